The number of hydrogen-bond donors (Lipinski definition) is 2. The van der Waals surface area contributed by atoms with Gasteiger partial charge < -0.3 is 10.1 Å². The average molecular weight is 258 g/mol. The molecule has 1 aromatic carbocycles. The first-order valence-corrected chi connectivity index (χ1v) is 6.24. The molecule has 0 bridgehead atoms. The third-order valence-electron chi connectivity index (χ3n) is 3.32. The van der Waals surface area contributed by atoms with Crippen molar-refractivity contribution in [3.8, 4) is 11.3 Å². The fraction of sp³-hybridized carbons (Fsp3) is 0.333. The zero-order valence-corrected chi connectivity index (χ0v) is 11.7. The van der Waals surface area contributed by atoms with Gasteiger partial charge in [-0.1, -0.05) is 6.07 Å². The average Bonchev–Trinajstić information content (AvgIpc) is 2.63. The number of carboxylic acids is 1. The van der Waals surface area contributed by atoms with Gasteiger partial charge in [0, 0.05) is 5.56 Å². The Morgan fingerprint density at radius 3 is 2.42 bits per heavy atom. The van der Waals surface area contributed by atoms with Crippen LogP contribution < -0.4 is 0 Å². The molecular formula is C15H18N2O2. The van der Waals surface area contributed by atoms with Crippen molar-refractivity contribution in [2.24, 2.45) is 0 Å². The molecule has 0 atom stereocenters. The van der Waals surface area contributed by atoms with Gasteiger partial charge in [0.15, 0.2) is 0 Å². The van der Waals surface area contributed by atoms with Crippen LogP contribution in [0.4, 0.5) is 0 Å². The van der Waals surface area contributed by atoms with Crippen LogP contribution in [0.1, 0.15) is 28.2 Å². The topological polar surface area (TPSA) is 66.0 Å². The number of imidazole rings is 1. The molecular weight excluding hydrogens is 240 g/mol. The zero-order valence-electron chi connectivity index (χ0n) is 11.7. The number of carboxylic acid groups (broad SMARTS) is 1. The van der Waals surface area contributed by atoms with Crippen LogP contribution in [0.25, 0.3) is 11.3 Å². The van der Waals surface area contributed by atoms with Crippen molar-refractivity contribution in [1.82, 2.24) is 9.97 Å². The Labute approximate surface area is 112 Å². The van der Waals surface area contributed by atoms with Crippen molar-refractivity contribution in [2.45, 2.75) is 34.1 Å². The van der Waals surface area contributed by atoms with Crippen LogP contribution in [0.2, 0.25) is 0 Å². The van der Waals surface area contributed by atoms with Crippen LogP contribution in [0.3, 0.4) is 0 Å². The van der Waals surface area contributed by atoms with Crippen LogP contribution >= 0.6 is 0 Å². The minimum absolute atomic E-state index is 0.0391. The molecule has 0 spiro atoms. The van der Waals surface area contributed by atoms with Crippen LogP contribution in [-0.2, 0) is 11.2 Å². The van der Waals surface area contributed by atoms with Crippen molar-refractivity contribution in [2.75, 3.05) is 0 Å². The van der Waals surface area contributed by atoms with Crippen molar-refractivity contribution in [1.29, 1.82) is 0 Å². The van der Waals surface area contributed by atoms with Gasteiger partial charge in [-0.05, 0) is 50.5 Å². The van der Waals surface area contributed by atoms with E-state index in [0.29, 0.717) is 5.69 Å². The predicted molar refractivity (Wildman–Crippen MR) is 74.3 cm³/mol. The van der Waals surface area contributed by atoms with E-state index in [9.17, 15) is 4.79 Å². The first-order chi connectivity index (χ1) is 8.88. The number of aryl methyl sites for hydroxylation is 4. The molecule has 4 nitrogen and oxygen atoms in total. The van der Waals surface area contributed by atoms with E-state index in [0.717, 1.165) is 22.6 Å². The minimum Gasteiger partial charge on any atom is -0.481 e. The molecule has 0 saturated carbocycles. The number of aliphatic carboxylic acids is 1. The lowest BCUT2D eigenvalue weighted by atomic mass is 9.97. The van der Waals surface area contributed by atoms with Gasteiger partial charge in [-0.3, -0.25) is 4.79 Å². The summed E-state index contributed by atoms with van der Waals surface area (Å²) in [5, 5.41) is 8.97. The van der Waals surface area contributed by atoms with Gasteiger partial charge in [0.05, 0.1) is 17.8 Å². The number of carbonyl (C=O) groups is 1. The van der Waals surface area contributed by atoms with E-state index < -0.39 is 5.97 Å². The lowest BCUT2D eigenvalue weighted by Gasteiger charge is -2.09. The van der Waals surface area contributed by atoms with Crippen LogP contribution in [0.15, 0.2) is 12.1 Å². The second-order valence-corrected chi connectivity index (χ2v) is 4.97. The van der Waals surface area contributed by atoms with Crippen molar-refractivity contribution in [3.63, 3.8) is 0 Å². The summed E-state index contributed by atoms with van der Waals surface area (Å²) < 4.78 is 0. The van der Waals surface area contributed by atoms with Gasteiger partial charge in [-0.25, -0.2) is 4.98 Å². The summed E-state index contributed by atoms with van der Waals surface area (Å²) in [5.74, 6) is -0.115. The maximum atomic E-state index is 10.9. The van der Waals surface area contributed by atoms with Crippen LogP contribution in [0.5, 0.6) is 0 Å². The first-order valence-electron chi connectivity index (χ1n) is 6.24. The smallest absolute Gasteiger partial charge is 0.309 e. The molecule has 1 aromatic heterocycles. The molecule has 0 aliphatic heterocycles. The van der Waals surface area contributed by atoms with E-state index in [1.807, 2.05) is 13.8 Å². The summed E-state index contributed by atoms with van der Waals surface area (Å²) >= 11 is 0. The fourth-order valence-electron chi connectivity index (χ4n) is 2.26. The molecule has 2 rings (SSSR count). The quantitative estimate of drug-likeness (QED) is 0.889. The Bertz CT molecular complexity index is 642. The third-order valence-corrected chi connectivity index (χ3v) is 3.32. The SMILES string of the molecule is Cc1nc(-c2cc(C)c(C)cc2C)c(CC(=O)O)[nH]1. The summed E-state index contributed by atoms with van der Waals surface area (Å²) in [4.78, 5) is 18.4. The molecule has 19 heavy (non-hydrogen) atoms. The van der Waals surface area contributed by atoms with Crippen molar-refractivity contribution >= 4 is 5.97 Å². The predicted octanol–water partition coefficient (Wildman–Crippen LogP) is 2.94. The van der Waals surface area contributed by atoms with Crippen LogP contribution in [-0.4, -0.2) is 21.0 Å². The summed E-state index contributed by atoms with van der Waals surface area (Å²) in [6.07, 6.45) is -0.0391. The highest BCUT2D eigenvalue weighted by molar-refractivity contribution is 5.75. The Morgan fingerprint density at radius 1 is 1.16 bits per heavy atom. The number of rotatable bonds is 3. The highest BCUT2D eigenvalue weighted by atomic mass is 16.4. The van der Waals surface area contributed by atoms with E-state index >= 15 is 0 Å². The van der Waals surface area contributed by atoms with E-state index in [1.165, 1.54) is 11.1 Å². The summed E-state index contributed by atoms with van der Waals surface area (Å²) in [7, 11) is 0. The Morgan fingerprint density at radius 2 is 1.79 bits per heavy atom. The molecule has 0 fully saturated rings. The van der Waals surface area contributed by atoms with Crippen molar-refractivity contribution in [3.05, 3.63) is 40.3 Å². The molecule has 1 heterocycles. The number of H-pyrrole nitrogens is 1. The van der Waals surface area contributed by atoms with E-state index in [1.54, 1.807) is 0 Å². The number of aromatic nitrogens is 2. The Hall–Kier alpha value is -2.10. The molecule has 0 saturated heterocycles. The number of benzene rings is 1. The second-order valence-electron chi connectivity index (χ2n) is 4.97. The van der Waals surface area contributed by atoms with Gasteiger partial charge in [-0.2, -0.15) is 0 Å². The number of nitrogens with zero attached hydrogens (tertiary/aromatic N) is 1. The lowest BCUT2D eigenvalue weighted by Crippen LogP contribution is -2.02. The highest BCUT2D eigenvalue weighted by Gasteiger charge is 2.15. The van der Waals surface area contributed by atoms with Gasteiger partial charge in [0.1, 0.15) is 5.82 Å². The van der Waals surface area contributed by atoms with Gasteiger partial charge in [0.2, 0.25) is 0 Å². The number of aromatic amines is 1. The second kappa shape index (κ2) is 4.88. The minimum atomic E-state index is -0.855. The molecule has 0 aliphatic rings. The number of nitrogens with one attached hydrogen (secondary N) is 1. The third kappa shape index (κ3) is 2.67. The monoisotopic (exact) mass is 258 g/mol. The molecule has 0 radical (unpaired) electrons. The standard InChI is InChI=1S/C15H18N2O2/c1-8-5-10(3)12(6-9(8)2)15-13(7-14(18)19)16-11(4)17-15/h5-6H,7H2,1-4H3,(H,16,17)(H,18,19). The normalized spacial score (nSPS) is 10.7. The largest absolute Gasteiger partial charge is 0.481 e. The molecule has 100 valence electrons. The summed E-state index contributed by atoms with van der Waals surface area (Å²) in [6, 6.07) is 4.19. The molecule has 2 N–H and O–H groups in total. The first kappa shape index (κ1) is 13.3. The van der Waals surface area contributed by atoms with E-state index in [2.05, 4.69) is 35.9 Å². The van der Waals surface area contributed by atoms with E-state index in [-0.39, 0.29) is 6.42 Å². The zero-order chi connectivity index (χ0) is 14.2. The molecule has 0 amide bonds. The van der Waals surface area contributed by atoms with Gasteiger partial charge in [-0.15, -0.1) is 0 Å². The lowest BCUT2D eigenvalue weighted by molar-refractivity contribution is -0.136. The molecule has 4 heteroatoms. The van der Waals surface area contributed by atoms with E-state index in [4.69, 9.17) is 5.11 Å². The summed E-state index contributed by atoms with van der Waals surface area (Å²) in [5.41, 5.74) is 5.94. The maximum absolute atomic E-state index is 10.9. The molecule has 0 unspecified atom stereocenters. The fourth-order valence-corrected chi connectivity index (χ4v) is 2.26. The van der Waals surface area contributed by atoms with Crippen molar-refractivity contribution < 1.29 is 9.90 Å². The maximum Gasteiger partial charge on any atom is 0.309 e. The number of hydrogen-bond acceptors (Lipinski definition) is 2. The van der Waals surface area contributed by atoms with Gasteiger partial charge in [0.25, 0.3) is 0 Å². The van der Waals surface area contributed by atoms with Crippen LogP contribution in [0, 0.1) is 27.7 Å². The summed E-state index contributed by atoms with van der Waals surface area (Å²) in [6.45, 7) is 7.98. The molecule has 2 aromatic rings. The highest BCUT2D eigenvalue weighted by Crippen LogP contribution is 2.28. The van der Waals surface area contributed by atoms with Gasteiger partial charge >= 0.3 is 5.97 Å². The Kier molecular flexibility index (Phi) is 3.42. The Balaban J connectivity index is 2.58. The molecule has 0 aliphatic carbocycles.